The Bertz CT molecular complexity index is 3660. The van der Waals surface area contributed by atoms with Crippen LogP contribution in [-0.2, 0) is 73.6 Å². The molecular formula is C65H83FN8O26S2. The van der Waals surface area contributed by atoms with Gasteiger partial charge >= 0.3 is 30.2 Å². The van der Waals surface area contributed by atoms with Crippen molar-refractivity contribution in [3.8, 4) is 17.2 Å². The third-order valence-electron chi connectivity index (χ3n) is 19.8. The Morgan fingerprint density at radius 1 is 0.706 bits per heavy atom. The highest BCUT2D eigenvalue weighted by Crippen LogP contribution is 2.54. The average molecular weight is 1480 g/mol. The first-order chi connectivity index (χ1) is 48.5. The van der Waals surface area contributed by atoms with Crippen LogP contribution in [0.5, 0.6) is 17.2 Å². The summed E-state index contributed by atoms with van der Waals surface area (Å²) in [5, 5.41) is 76.1. The van der Waals surface area contributed by atoms with Crippen molar-refractivity contribution in [3.05, 3.63) is 51.6 Å². The van der Waals surface area contributed by atoms with Crippen LogP contribution in [0.3, 0.4) is 0 Å². The molecular weight excluding hydrogens is 1390 g/mol. The molecule has 12 N–H and O–H groups in total. The minimum absolute atomic E-state index is 0.0173. The van der Waals surface area contributed by atoms with Gasteiger partial charge in [0.05, 0.1) is 72.8 Å². The van der Waals surface area contributed by atoms with E-state index in [2.05, 4.69) is 58.6 Å². The van der Waals surface area contributed by atoms with Crippen molar-refractivity contribution >= 4 is 106 Å². The van der Waals surface area contributed by atoms with Crippen molar-refractivity contribution in [1.29, 1.82) is 0 Å². The lowest BCUT2D eigenvalue weighted by molar-refractivity contribution is -0.247. The van der Waals surface area contributed by atoms with E-state index < -0.39 is 156 Å². The molecule has 3 unspecified atom stereocenters. The Kier molecular flexibility index (Phi) is 24.3. The van der Waals surface area contributed by atoms with Crippen LogP contribution in [0.4, 0.5) is 18.8 Å². The number of amides is 10. The molecule has 12 atom stereocenters. The number of carboxylic acids is 1. The third-order valence-corrected chi connectivity index (χ3v) is 23.5. The maximum Gasteiger partial charge on any atom is 0.560 e. The molecule has 10 amide bonds. The fraction of sp³-hybridized carbons (Fsp3) is 0.600. The molecule has 37 heteroatoms. The first kappa shape index (κ1) is 77.6. The maximum absolute atomic E-state index is 13.6. The lowest BCUT2D eigenvalue weighted by atomic mass is 9.72. The fourth-order valence-electron chi connectivity index (χ4n) is 13.7. The van der Waals surface area contributed by atoms with Gasteiger partial charge in [-0.2, -0.15) is 28.3 Å². The quantitative estimate of drug-likeness (QED) is 0.0377. The highest BCUT2D eigenvalue weighted by Gasteiger charge is 2.62. The van der Waals surface area contributed by atoms with Crippen LogP contribution < -0.4 is 31.7 Å². The normalized spacial score (nSPS) is 30.2. The highest BCUT2D eigenvalue weighted by molar-refractivity contribution is 8.00. The number of nitrogens with two attached hydrogens (primary N) is 1. The lowest BCUT2D eigenvalue weighted by Gasteiger charge is -2.42. The van der Waals surface area contributed by atoms with E-state index in [1.165, 1.54) is 25.3 Å². The Morgan fingerprint density at radius 2 is 1.18 bits per heavy atom. The predicted molar refractivity (Wildman–Crippen MR) is 350 cm³/mol. The fourth-order valence-corrected chi connectivity index (χ4v) is 17.5. The van der Waals surface area contributed by atoms with Gasteiger partial charge in [0.15, 0.2) is 17.9 Å². The van der Waals surface area contributed by atoms with Gasteiger partial charge in [-0.25, -0.2) is 14.4 Å². The summed E-state index contributed by atoms with van der Waals surface area (Å²) in [6.45, 7) is 8.85. The number of aliphatic hydroxyl groups is 3. The van der Waals surface area contributed by atoms with Crippen LogP contribution in [0.25, 0.3) is 0 Å². The number of alkyl halides is 1. The number of benzene rings is 2. The molecule has 12 rings (SSSR count). The lowest BCUT2D eigenvalue weighted by Crippen LogP contribution is -2.58. The Labute approximate surface area is 592 Å². The number of urea groups is 2. The molecule has 34 nitrogen and oxygen atoms in total. The minimum Gasteiger partial charge on any atom is -0.507 e. The van der Waals surface area contributed by atoms with Crippen molar-refractivity contribution in [2.75, 3.05) is 32.4 Å². The number of unbranched alkanes of at least 4 members (excludes halogenated alkanes) is 2. The first-order valence-corrected chi connectivity index (χ1v) is 34.7. The number of fused-ring (bicyclic) bond motifs is 5. The number of aliphatic hydroxyl groups excluding tert-OH is 2. The second-order valence-corrected chi connectivity index (χ2v) is 28.9. The van der Waals surface area contributed by atoms with Crippen LogP contribution >= 0.6 is 23.5 Å². The zero-order valence-electron chi connectivity index (χ0n) is 57.6. The van der Waals surface area contributed by atoms with E-state index in [9.17, 15) is 97.0 Å². The van der Waals surface area contributed by atoms with Gasteiger partial charge in [0.25, 0.3) is 35.4 Å². The maximum atomic E-state index is 13.6. The molecule has 2 aliphatic carbocycles. The molecule has 2 aromatic rings. The molecule has 0 bridgehead atoms. The number of ketones is 3. The standard InChI is InChI=1S/C27H29NO11.C16H23N3O5S.C12H20N2O3S.C9H8N2O7.CH3F/c1-10-22(31)13(28)6-17(38-10)39-15-8-27(36,16(30)9-29)7-12-19(15)26(35)21-20(24(12)33)23(32)11-4-3-5-14(37-2)18(11)25(21)34;1-15-9-25-10(16(15,2)18-14(23)17-15)5-3-4-6-13(22)24-19-11(20)7-8-12(19)21;1-11-7-18-8(5-3-4-6-9(15)16)12(11,2)14-10(17)13-11;12-5-1-2-6(13)10(5)17-9(16)18-11-7(14)3-4-8(11)15;1-2/h3-5,10,13,15,17,22,29,31,33,35-36H,6-9,28H2,1-2H3;10H,3-9H2,1-2H3,(H2,17,18,23);8H,3-7H2,1-2H3,(H,15,16)(H2,13,14,17);1-4H2;1H3/t10-,13-,15-,17?,22+,27-;10?,15-,16+;8?,11-,12+;;/m011../s1/i;;;;1D. The molecule has 8 heterocycles. The van der Waals surface area contributed by atoms with E-state index >= 15 is 0 Å². The van der Waals surface area contributed by atoms with Gasteiger partial charge in [0.2, 0.25) is 5.78 Å². The van der Waals surface area contributed by atoms with E-state index in [1.807, 2.05) is 23.5 Å². The molecule has 2 aromatic carbocycles. The van der Waals surface area contributed by atoms with E-state index in [4.69, 9.17) is 31.3 Å². The van der Waals surface area contributed by atoms with Gasteiger partial charge in [-0.15, -0.1) is 5.06 Å². The predicted octanol–water partition coefficient (Wildman–Crippen LogP) is 2.53. The number of hydrogen-bond donors (Lipinski definition) is 11. The largest absolute Gasteiger partial charge is 0.560 e. The number of thioether (sulfide) groups is 2. The van der Waals surface area contributed by atoms with Crippen molar-refractivity contribution < 1.29 is 132 Å². The van der Waals surface area contributed by atoms with Gasteiger partial charge in [-0.05, 0) is 66.4 Å². The number of methoxy groups -OCH3 is 1. The number of aromatic hydroxyl groups is 2. The molecule has 558 valence electrons. The topological polar surface area (TPSA) is 500 Å². The van der Waals surface area contributed by atoms with Gasteiger partial charge in [-0.3, -0.25) is 62.0 Å². The van der Waals surface area contributed by atoms with Crippen LogP contribution in [0, 0.1) is 0 Å². The number of phenols is 2. The van der Waals surface area contributed by atoms with Crippen molar-refractivity contribution in [1.82, 2.24) is 36.5 Å². The van der Waals surface area contributed by atoms with Crippen LogP contribution in [0.15, 0.2) is 18.2 Å². The van der Waals surface area contributed by atoms with E-state index in [-0.39, 0.29) is 135 Å². The monoisotopic (exact) mass is 1480 g/mol. The van der Waals surface area contributed by atoms with Crippen molar-refractivity contribution in [3.63, 3.8) is 0 Å². The Morgan fingerprint density at radius 3 is 1.64 bits per heavy atom. The number of Topliss-reactive ketones (excluding diaryl/α,β-unsaturated/α-hetero) is 1. The van der Waals surface area contributed by atoms with Gasteiger partial charge in [0.1, 0.15) is 29.5 Å². The zero-order valence-corrected chi connectivity index (χ0v) is 58.2. The SMILES string of the molecule is COc1cccc2c1C(=O)c1c(O)c3c(c(O)c1C2=O)C[C@@](O)(C(=O)CO)C[C@@H]3OC1C[C@H](N)[C@H](O)[C@H](C)O1.C[C@@]12CSC(CCCCC(=O)O)[C@]1(C)NC(=O)N2.C[C@@]12CSC(CCCCC(=O)ON3C(=O)CCC3=O)[C@]1(C)NC(=O)N2.O=C(ON1C(=O)CCC1=O)ON1C(=O)CCC1=O.[2H]CF. The molecule has 0 saturated carbocycles. The molecule has 10 aliphatic rings. The molecule has 8 aliphatic heterocycles. The number of hydrogen-bond acceptors (Lipinski definition) is 28. The number of rotatable bonds is 18. The number of imide groups is 3. The summed E-state index contributed by atoms with van der Waals surface area (Å²) in [5.41, 5.74) is 1.40. The molecule has 8 saturated heterocycles. The number of ether oxygens (including phenoxy) is 3. The molecule has 8 fully saturated rings. The number of carboxylic acid groups (broad SMARTS) is 1. The Hall–Kier alpha value is -8.59. The number of halogens is 1. The second kappa shape index (κ2) is 32.0. The van der Waals surface area contributed by atoms with Crippen LogP contribution in [-0.4, -0.2) is 224 Å². The zero-order chi connectivity index (χ0) is 76.0. The average Bonchev–Trinajstić information content (AvgIpc) is 1.21. The summed E-state index contributed by atoms with van der Waals surface area (Å²) in [6.07, 6.45) is -1.43. The number of nitrogens with one attached hydrogen (secondary N) is 4. The summed E-state index contributed by atoms with van der Waals surface area (Å²) in [6, 6.07) is 3.42. The number of phenolic OH excluding ortho intramolecular Hbond substituents is 2. The highest BCUT2D eigenvalue weighted by atomic mass is 32.2. The molecule has 0 spiro atoms. The number of nitrogens with zero attached hydrogens (tertiary/aromatic N) is 3. The van der Waals surface area contributed by atoms with Gasteiger partial charge < -0.3 is 76.7 Å². The number of aliphatic carboxylic acids is 1. The smallest absolute Gasteiger partial charge is 0.507 e. The second-order valence-electron chi connectivity index (χ2n) is 26.5. The van der Waals surface area contributed by atoms with Gasteiger partial charge in [0, 0.05) is 115 Å². The summed E-state index contributed by atoms with van der Waals surface area (Å²) < 4.78 is 32.5. The van der Waals surface area contributed by atoms with E-state index in [0.29, 0.717) is 23.2 Å². The van der Waals surface area contributed by atoms with Gasteiger partial charge in [-0.1, -0.05) is 35.1 Å². The molecule has 102 heavy (non-hydrogen) atoms. The number of hydroxylamine groups is 6. The summed E-state index contributed by atoms with van der Waals surface area (Å²) in [4.78, 5) is 177. The van der Waals surface area contributed by atoms with E-state index in [0.717, 1.165) is 37.2 Å². The summed E-state index contributed by atoms with van der Waals surface area (Å²) in [5.74, 6) is -6.97. The van der Waals surface area contributed by atoms with E-state index in [1.54, 1.807) is 6.92 Å². The minimum atomic E-state index is -2.24. The number of carbonyl (C=O) groups excluding carboxylic acids is 13. The number of carbonyl (C=O) groups is 14. The third kappa shape index (κ3) is 16.0. The van der Waals surface area contributed by atoms with Crippen LogP contribution in [0.2, 0.25) is 0 Å². The van der Waals surface area contributed by atoms with Crippen LogP contribution in [0.1, 0.15) is 188 Å². The first-order valence-electron chi connectivity index (χ1n) is 33.3. The summed E-state index contributed by atoms with van der Waals surface area (Å²) >= 11 is 3.70. The summed E-state index contributed by atoms with van der Waals surface area (Å²) in [7, 11) is 0.322. The Balaban J connectivity index is 0.000000182. The van der Waals surface area contributed by atoms with Crippen molar-refractivity contribution in [2.24, 2.45) is 5.73 Å². The van der Waals surface area contributed by atoms with Crippen molar-refractivity contribution in [2.45, 2.75) is 213 Å². The molecule has 0 radical (unpaired) electrons. The molecule has 0 aromatic heterocycles.